The predicted octanol–water partition coefficient (Wildman–Crippen LogP) is 1.77. The highest BCUT2D eigenvalue weighted by atomic mass is 19.1. The van der Waals surface area contributed by atoms with Crippen LogP contribution in [0.4, 0.5) is 10.4 Å². The third kappa shape index (κ3) is 1.44. The smallest absolute Gasteiger partial charge is 0.313 e. The Balaban J connectivity index is 2.47. The fourth-order valence-corrected chi connectivity index (χ4v) is 1.13. The second-order valence-electron chi connectivity index (χ2n) is 2.91. The molecule has 14 heavy (non-hydrogen) atoms. The van der Waals surface area contributed by atoms with E-state index in [0.29, 0.717) is 17.0 Å². The standard InChI is InChI=1S/C9H8FN3O/c1-5-4-6(2-3-7(5)10)8-12-13-9(11)14-8/h2-4H,1H3,(H2,11,13). The molecule has 0 aliphatic rings. The first-order chi connectivity index (χ1) is 6.66. The number of nitrogen functional groups attached to an aromatic ring is 1. The maximum atomic E-state index is 12.9. The average molecular weight is 193 g/mol. The lowest BCUT2D eigenvalue weighted by molar-refractivity contribution is 0.589. The van der Waals surface area contributed by atoms with E-state index >= 15 is 0 Å². The lowest BCUT2D eigenvalue weighted by atomic mass is 10.1. The van der Waals surface area contributed by atoms with Gasteiger partial charge in [0.25, 0.3) is 0 Å². The van der Waals surface area contributed by atoms with E-state index in [2.05, 4.69) is 10.2 Å². The molecule has 0 aliphatic carbocycles. The number of nitrogens with two attached hydrogens (primary N) is 1. The molecule has 2 N–H and O–H groups in total. The molecule has 4 nitrogen and oxygen atoms in total. The first kappa shape index (κ1) is 8.68. The van der Waals surface area contributed by atoms with Gasteiger partial charge in [-0.15, -0.1) is 5.10 Å². The zero-order valence-electron chi connectivity index (χ0n) is 7.49. The van der Waals surface area contributed by atoms with E-state index in [1.807, 2.05) is 0 Å². The van der Waals surface area contributed by atoms with Gasteiger partial charge in [-0.3, -0.25) is 0 Å². The minimum absolute atomic E-state index is 0.00183. The quantitative estimate of drug-likeness (QED) is 0.749. The summed E-state index contributed by atoms with van der Waals surface area (Å²) < 4.78 is 17.9. The Bertz CT molecular complexity index is 467. The Hall–Kier alpha value is -1.91. The molecule has 1 aromatic carbocycles. The van der Waals surface area contributed by atoms with Gasteiger partial charge in [-0.1, -0.05) is 5.10 Å². The van der Waals surface area contributed by atoms with Crippen LogP contribution in [0.5, 0.6) is 0 Å². The van der Waals surface area contributed by atoms with Crippen LogP contribution in [0.25, 0.3) is 11.5 Å². The molecule has 2 rings (SSSR count). The van der Waals surface area contributed by atoms with Gasteiger partial charge in [-0.05, 0) is 30.7 Å². The van der Waals surface area contributed by atoms with E-state index in [1.54, 1.807) is 19.1 Å². The molecule has 0 unspecified atom stereocenters. The minimum Gasteiger partial charge on any atom is -0.404 e. The normalized spacial score (nSPS) is 10.4. The Morgan fingerprint density at radius 1 is 1.36 bits per heavy atom. The van der Waals surface area contributed by atoms with Crippen molar-refractivity contribution >= 4 is 6.01 Å². The number of aryl methyl sites for hydroxylation is 1. The lowest BCUT2D eigenvalue weighted by Gasteiger charge is -1.97. The van der Waals surface area contributed by atoms with E-state index < -0.39 is 0 Å². The highest BCUT2D eigenvalue weighted by Gasteiger charge is 2.07. The highest BCUT2D eigenvalue weighted by Crippen LogP contribution is 2.20. The summed E-state index contributed by atoms with van der Waals surface area (Å²) in [4.78, 5) is 0. The summed E-state index contributed by atoms with van der Waals surface area (Å²) in [5.74, 6) is 0.0341. The predicted molar refractivity (Wildman–Crippen MR) is 48.8 cm³/mol. The van der Waals surface area contributed by atoms with Crippen LogP contribution in [0.15, 0.2) is 22.6 Å². The summed E-state index contributed by atoms with van der Waals surface area (Å²) in [6, 6.07) is 4.55. The maximum absolute atomic E-state index is 12.9. The van der Waals surface area contributed by atoms with Crippen molar-refractivity contribution in [3.63, 3.8) is 0 Å². The van der Waals surface area contributed by atoms with Crippen molar-refractivity contribution < 1.29 is 8.81 Å². The number of benzene rings is 1. The van der Waals surface area contributed by atoms with Crippen LogP contribution in [-0.2, 0) is 0 Å². The molecule has 72 valence electrons. The van der Waals surface area contributed by atoms with Gasteiger partial charge in [-0.2, -0.15) is 0 Å². The van der Waals surface area contributed by atoms with Crippen LogP contribution in [0, 0.1) is 12.7 Å². The molecule has 0 atom stereocenters. The van der Waals surface area contributed by atoms with E-state index in [0.717, 1.165) is 0 Å². The second-order valence-corrected chi connectivity index (χ2v) is 2.91. The van der Waals surface area contributed by atoms with Gasteiger partial charge >= 0.3 is 6.01 Å². The van der Waals surface area contributed by atoms with Gasteiger partial charge in [0.2, 0.25) is 5.89 Å². The summed E-state index contributed by atoms with van der Waals surface area (Å²) in [5.41, 5.74) is 6.46. The van der Waals surface area contributed by atoms with E-state index in [4.69, 9.17) is 10.2 Å². The molecule has 0 fully saturated rings. The van der Waals surface area contributed by atoms with Crippen LogP contribution >= 0.6 is 0 Å². The number of hydrogen-bond acceptors (Lipinski definition) is 4. The molecule has 0 bridgehead atoms. The Kier molecular flexibility index (Phi) is 1.92. The molecule has 1 heterocycles. The maximum Gasteiger partial charge on any atom is 0.313 e. The first-order valence-corrected chi connectivity index (χ1v) is 4.02. The topological polar surface area (TPSA) is 64.9 Å². The fourth-order valence-electron chi connectivity index (χ4n) is 1.13. The second kappa shape index (κ2) is 3.10. The molecule has 0 spiro atoms. The van der Waals surface area contributed by atoms with Crippen molar-refractivity contribution in [1.82, 2.24) is 10.2 Å². The van der Waals surface area contributed by atoms with Crippen molar-refractivity contribution in [3.05, 3.63) is 29.6 Å². The molecule has 0 saturated carbocycles. The summed E-state index contributed by atoms with van der Waals surface area (Å²) in [6.45, 7) is 1.67. The monoisotopic (exact) mass is 193 g/mol. The molecule has 2 aromatic rings. The van der Waals surface area contributed by atoms with Crippen molar-refractivity contribution in [3.8, 4) is 11.5 Å². The number of rotatable bonds is 1. The van der Waals surface area contributed by atoms with Crippen LogP contribution in [-0.4, -0.2) is 10.2 Å². The minimum atomic E-state index is -0.263. The Labute approximate surface area is 79.6 Å². The van der Waals surface area contributed by atoms with Gasteiger partial charge in [-0.25, -0.2) is 4.39 Å². The van der Waals surface area contributed by atoms with Crippen molar-refractivity contribution in [2.75, 3.05) is 5.73 Å². The third-order valence-corrected chi connectivity index (χ3v) is 1.85. The van der Waals surface area contributed by atoms with Gasteiger partial charge < -0.3 is 10.2 Å². The van der Waals surface area contributed by atoms with E-state index in [-0.39, 0.29) is 11.8 Å². The molecule has 5 heteroatoms. The van der Waals surface area contributed by atoms with Gasteiger partial charge in [0.05, 0.1) is 0 Å². The molecular formula is C9H8FN3O. The highest BCUT2D eigenvalue weighted by molar-refractivity contribution is 5.54. The SMILES string of the molecule is Cc1cc(-c2nnc(N)o2)ccc1F. The van der Waals surface area contributed by atoms with E-state index in [9.17, 15) is 4.39 Å². The number of halogens is 1. The summed E-state index contributed by atoms with van der Waals surface area (Å²) in [6.07, 6.45) is 0. The van der Waals surface area contributed by atoms with Gasteiger partial charge in [0.15, 0.2) is 0 Å². The van der Waals surface area contributed by atoms with Gasteiger partial charge in [0.1, 0.15) is 5.82 Å². The molecule has 0 radical (unpaired) electrons. The molecular weight excluding hydrogens is 185 g/mol. The van der Waals surface area contributed by atoms with Crippen LogP contribution in [0.1, 0.15) is 5.56 Å². The first-order valence-electron chi connectivity index (χ1n) is 4.02. The third-order valence-electron chi connectivity index (χ3n) is 1.85. The largest absolute Gasteiger partial charge is 0.404 e. The number of anilines is 1. The molecule has 0 amide bonds. The average Bonchev–Trinajstić information content (AvgIpc) is 2.57. The number of hydrogen-bond donors (Lipinski definition) is 1. The molecule has 0 aliphatic heterocycles. The van der Waals surface area contributed by atoms with Crippen LogP contribution < -0.4 is 5.73 Å². The molecule has 1 aromatic heterocycles. The lowest BCUT2D eigenvalue weighted by Crippen LogP contribution is -1.84. The van der Waals surface area contributed by atoms with E-state index in [1.165, 1.54) is 6.07 Å². The summed E-state index contributed by atoms with van der Waals surface area (Å²) in [5, 5.41) is 7.21. The zero-order chi connectivity index (χ0) is 10.1. The fraction of sp³-hybridized carbons (Fsp3) is 0.111. The van der Waals surface area contributed by atoms with Crippen molar-refractivity contribution in [1.29, 1.82) is 0 Å². The Morgan fingerprint density at radius 3 is 2.71 bits per heavy atom. The summed E-state index contributed by atoms with van der Waals surface area (Å²) in [7, 11) is 0. The van der Waals surface area contributed by atoms with Crippen LogP contribution in [0.3, 0.4) is 0 Å². The van der Waals surface area contributed by atoms with Crippen LogP contribution in [0.2, 0.25) is 0 Å². The Morgan fingerprint density at radius 2 is 2.14 bits per heavy atom. The van der Waals surface area contributed by atoms with Crippen molar-refractivity contribution in [2.45, 2.75) is 6.92 Å². The number of aromatic nitrogens is 2. The van der Waals surface area contributed by atoms with Gasteiger partial charge in [0, 0.05) is 5.56 Å². The van der Waals surface area contributed by atoms with Crippen molar-refractivity contribution in [2.24, 2.45) is 0 Å². The molecule has 0 saturated heterocycles. The zero-order valence-corrected chi connectivity index (χ0v) is 7.49. The number of nitrogens with zero attached hydrogens (tertiary/aromatic N) is 2. The summed E-state index contributed by atoms with van der Waals surface area (Å²) >= 11 is 0.